The molecule has 2 aromatic carbocycles. The molecule has 0 saturated carbocycles. The van der Waals surface area contributed by atoms with Crippen LogP contribution >= 0.6 is 15.9 Å². The molecule has 2 aromatic rings. The van der Waals surface area contributed by atoms with Crippen molar-refractivity contribution in [1.29, 1.82) is 5.26 Å². The third kappa shape index (κ3) is 3.51. The first-order valence-electron chi connectivity index (χ1n) is 7.65. The predicted molar refractivity (Wildman–Crippen MR) is 90.9 cm³/mol. The molecule has 1 aliphatic carbocycles. The van der Waals surface area contributed by atoms with Crippen molar-refractivity contribution in [3.8, 4) is 11.8 Å². The number of hydrogen-bond donors (Lipinski definition) is 0. The minimum absolute atomic E-state index is 0.406. The predicted octanol–water partition coefficient (Wildman–Crippen LogP) is 4.97. The maximum absolute atomic E-state index is 9.05. The van der Waals surface area contributed by atoms with Gasteiger partial charge in [-0.25, -0.2) is 0 Å². The highest BCUT2D eigenvalue weighted by atomic mass is 79.9. The van der Waals surface area contributed by atoms with Crippen molar-refractivity contribution in [2.24, 2.45) is 0 Å². The van der Waals surface area contributed by atoms with Crippen LogP contribution in [0.25, 0.3) is 0 Å². The highest BCUT2D eigenvalue weighted by Crippen LogP contribution is 2.30. The lowest BCUT2D eigenvalue weighted by Gasteiger charge is -2.19. The van der Waals surface area contributed by atoms with E-state index in [4.69, 9.17) is 10.00 Å². The van der Waals surface area contributed by atoms with Gasteiger partial charge < -0.3 is 4.74 Å². The zero-order valence-corrected chi connectivity index (χ0v) is 14.0. The fraction of sp³-hybridized carbons (Fsp3) is 0.316. The molecule has 0 bridgehead atoms. The van der Waals surface area contributed by atoms with E-state index in [-0.39, 0.29) is 0 Å². The number of aryl methyl sites for hydroxylation is 2. The summed E-state index contributed by atoms with van der Waals surface area (Å²) in [6, 6.07) is 14.7. The van der Waals surface area contributed by atoms with E-state index in [9.17, 15) is 0 Å². The Morgan fingerprint density at radius 3 is 2.41 bits per heavy atom. The highest BCUT2D eigenvalue weighted by Gasteiger charge is 2.14. The monoisotopic (exact) mass is 355 g/mol. The molecule has 2 nitrogen and oxygen atoms in total. The van der Waals surface area contributed by atoms with E-state index in [0.717, 1.165) is 34.2 Å². The van der Waals surface area contributed by atoms with E-state index in [1.165, 1.54) is 24.0 Å². The standard InChI is InChI=1S/C19H18BrNO/c20-18-7-5-14(6-8-18)13-22-19-12-16-4-2-1-3-15(16)11-17(19)9-10-21/h5-8,11-12H,1-4,9,13H2. The Morgan fingerprint density at radius 1 is 1.05 bits per heavy atom. The quantitative estimate of drug-likeness (QED) is 0.775. The average molecular weight is 356 g/mol. The molecular formula is C19H18BrNO. The van der Waals surface area contributed by atoms with Crippen molar-refractivity contribution in [3.63, 3.8) is 0 Å². The summed E-state index contributed by atoms with van der Waals surface area (Å²) in [6.45, 7) is 0.532. The lowest BCUT2D eigenvalue weighted by atomic mass is 9.89. The number of fused-ring (bicyclic) bond motifs is 1. The Hall–Kier alpha value is -1.79. The number of ether oxygens (including phenoxy) is 1. The van der Waals surface area contributed by atoms with E-state index in [0.29, 0.717) is 13.0 Å². The van der Waals surface area contributed by atoms with E-state index in [1.807, 2.05) is 24.3 Å². The number of nitriles is 1. The fourth-order valence-electron chi connectivity index (χ4n) is 2.91. The largest absolute Gasteiger partial charge is 0.489 e. The zero-order valence-electron chi connectivity index (χ0n) is 12.4. The lowest BCUT2D eigenvalue weighted by Crippen LogP contribution is -2.06. The van der Waals surface area contributed by atoms with Gasteiger partial charge in [0, 0.05) is 10.0 Å². The van der Waals surface area contributed by atoms with Gasteiger partial charge in [0.2, 0.25) is 0 Å². The number of hydrogen-bond acceptors (Lipinski definition) is 2. The molecule has 0 fully saturated rings. The van der Waals surface area contributed by atoms with Crippen LogP contribution < -0.4 is 4.74 Å². The van der Waals surface area contributed by atoms with Crippen LogP contribution in [0.3, 0.4) is 0 Å². The summed E-state index contributed by atoms with van der Waals surface area (Å²) in [6.07, 6.45) is 5.15. The van der Waals surface area contributed by atoms with Crippen LogP contribution in [0, 0.1) is 11.3 Å². The number of rotatable bonds is 4. The summed E-state index contributed by atoms with van der Waals surface area (Å²) in [5.41, 5.74) is 4.93. The maximum atomic E-state index is 9.05. The normalized spacial score (nSPS) is 13.3. The molecule has 0 heterocycles. The molecule has 0 radical (unpaired) electrons. The van der Waals surface area contributed by atoms with Gasteiger partial charge >= 0.3 is 0 Å². The second-order valence-corrected chi connectivity index (χ2v) is 6.60. The molecule has 0 saturated heterocycles. The number of benzene rings is 2. The van der Waals surface area contributed by atoms with Gasteiger partial charge in [0.05, 0.1) is 12.5 Å². The Balaban J connectivity index is 1.82. The molecular weight excluding hydrogens is 338 g/mol. The molecule has 0 aromatic heterocycles. The smallest absolute Gasteiger partial charge is 0.124 e. The van der Waals surface area contributed by atoms with Gasteiger partial charge in [0.25, 0.3) is 0 Å². The van der Waals surface area contributed by atoms with Crippen LogP contribution in [-0.4, -0.2) is 0 Å². The van der Waals surface area contributed by atoms with Crippen LogP contribution in [0.4, 0.5) is 0 Å². The summed E-state index contributed by atoms with van der Waals surface area (Å²) in [4.78, 5) is 0. The van der Waals surface area contributed by atoms with Crippen molar-refractivity contribution < 1.29 is 4.74 Å². The molecule has 3 rings (SSSR count). The maximum Gasteiger partial charge on any atom is 0.124 e. The Morgan fingerprint density at radius 2 is 1.73 bits per heavy atom. The fourth-order valence-corrected chi connectivity index (χ4v) is 3.18. The molecule has 22 heavy (non-hydrogen) atoms. The third-order valence-electron chi connectivity index (χ3n) is 4.10. The first-order valence-corrected chi connectivity index (χ1v) is 8.44. The zero-order chi connectivity index (χ0) is 15.4. The van der Waals surface area contributed by atoms with Gasteiger partial charge in [-0.1, -0.05) is 34.1 Å². The summed E-state index contributed by atoms with van der Waals surface area (Å²) in [5, 5.41) is 9.05. The van der Waals surface area contributed by atoms with Crippen LogP contribution in [-0.2, 0) is 25.9 Å². The highest BCUT2D eigenvalue weighted by molar-refractivity contribution is 9.10. The SMILES string of the molecule is N#CCc1cc2c(cc1OCc1ccc(Br)cc1)CCCC2. The summed E-state index contributed by atoms with van der Waals surface area (Å²) in [7, 11) is 0. The van der Waals surface area contributed by atoms with Gasteiger partial charge in [-0.15, -0.1) is 0 Å². The molecule has 0 atom stereocenters. The summed E-state index contributed by atoms with van der Waals surface area (Å²) in [5.74, 6) is 0.866. The van der Waals surface area contributed by atoms with Crippen LogP contribution in [0.2, 0.25) is 0 Å². The first-order chi connectivity index (χ1) is 10.8. The molecule has 0 amide bonds. The minimum Gasteiger partial charge on any atom is -0.489 e. The van der Waals surface area contributed by atoms with Crippen LogP contribution in [0.5, 0.6) is 5.75 Å². The number of nitrogens with zero attached hydrogens (tertiary/aromatic N) is 1. The van der Waals surface area contributed by atoms with Gasteiger partial charge in [0.15, 0.2) is 0 Å². The van der Waals surface area contributed by atoms with E-state index in [2.05, 4.69) is 34.1 Å². The van der Waals surface area contributed by atoms with Gasteiger partial charge in [-0.2, -0.15) is 5.26 Å². The van der Waals surface area contributed by atoms with Crippen molar-refractivity contribution in [3.05, 3.63) is 63.1 Å². The average Bonchev–Trinajstić information content (AvgIpc) is 2.54. The van der Waals surface area contributed by atoms with E-state index in [1.54, 1.807) is 0 Å². The van der Waals surface area contributed by atoms with Gasteiger partial charge in [-0.3, -0.25) is 0 Å². The van der Waals surface area contributed by atoms with Crippen LogP contribution in [0.15, 0.2) is 40.9 Å². The topological polar surface area (TPSA) is 33.0 Å². The van der Waals surface area contributed by atoms with Gasteiger partial charge in [-0.05, 0) is 60.6 Å². The van der Waals surface area contributed by atoms with Crippen molar-refractivity contribution in [2.75, 3.05) is 0 Å². The lowest BCUT2D eigenvalue weighted by molar-refractivity contribution is 0.303. The minimum atomic E-state index is 0.406. The molecule has 3 heteroatoms. The van der Waals surface area contributed by atoms with Crippen LogP contribution in [0.1, 0.15) is 35.1 Å². The Kier molecular flexibility index (Phi) is 4.80. The second-order valence-electron chi connectivity index (χ2n) is 5.69. The molecule has 0 spiro atoms. The number of halogens is 1. The van der Waals surface area contributed by atoms with E-state index < -0.39 is 0 Å². The molecule has 1 aliphatic rings. The summed E-state index contributed by atoms with van der Waals surface area (Å²) < 4.78 is 7.08. The van der Waals surface area contributed by atoms with Crippen molar-refractivity contribution in [2.45, 2.75) is 38.7 Å². The summed E-state index contributed by atoms with van der Waals surface area (Å²) >= 11 is 3.44. The molecule has 112 valence electrons. The van der Waals surface area contributed by atoms with Crippen molar-refractivity contribution in [1.82, 2.24) is 0 Å². The van der Waals surface area contributed by atoms with Crippen molar-refractivity contribution >= 4 is 15.9 Å². The molecule has 0 unspecified atom stereocenters. The second kappa shape index (κ2) is 6.98. The molecule has 0 N–H and O–H groups in total. The van der Waals surface area contributed by atoms with E-state index >= 15 is 0 Å². The molecule has 0 aliphatic heterocycles. The van der Waals surface area contributed by atoms with Gasteiger partial charge in [0.1, 0.15) is 12.4 Å². The first kappa shape index (κ1) is 15.1. The Bertz CT molecular complexity index is 701. The Labute approximate surface area is 139 Å². The third-order valence-corrected chi connectivity index (χ3v) is 4.63.